The summed E-state index contributed by atoms with van der Waals surface area (Å²) in [5.41, 5.74) is 18.6. The third kappa shape index (κ3) is 9.43. The molecule has 0 aliphatic heterocycles. The van der Waals surface area contributed by atoms with Gasteiger partial charge in [-0.2, -0.15) is 4.58 Å². The topological polar surface area (TPSA) is 275 Å². The second-order valence-electron chi connectivity index (χ2n) is 9.38. The molecule has 0 saturated heterocycles. The molecule has 0 aromatic heterocycles. The molecule has 0 amide bonds. The lowest BCUT2D eigenvalue weighted by Crippen LogP contribution is -2.58. The van der Waals surface area contributed by atoms with Gasteiger partial charge in [-0.15, -0.1) is 0 Å². The fourth-order valence-corrected chi connectivity index (χ4v) is 5.39. The first-order valence-corrected chi connectivity index (χ1v) is 14.7. The number of para-hydroxylation sites is 3. The van der Waals surface area contributed by atoms with Crippen LogP contribution in [0.2, 0.25) is 0 Å². The molecule has 3 rings (SSSR count). The van der Waals surface area contributed by atoms with E-state index in [0.29, 0.717) is 0 Å². The van der Waals surface area contributed by atoms with Gasteiger partial charge in [0, 0.05) is 36.0 Å². The number of nitrogens with two attached hydrogens (primary N) is 3. The lowest BCUT2D eigenvalue weighted by molar-refractivity contribution is -0.228. The highest BCUT2D eigenvalue weighted by Crippen LogP contribution is 2.23. The van der Waals surface area contributed by atoms with Crippen LogP contribution in [0.3, 0.4) is 0 Å². The standard InChI is InChI=1S/C27H31N3O14Si/c28-19(13-16-7-1-4-10-22(16)38-34)25(31)41-45(44-37,42-26(32)20(29)14-17-8-2-5-11-23(17)39-35)43-27(33)21(30)15-18-9-3-6-12-24(18)40-36/h1-12,19-21,34-37H,13-15,28-30H2. The Kier molecular flexibility index (Phi) is 12.7. The van der Waals surface area contributed by atoms with Crippen LogP contribution in [0.1, 0.15) is 16.7 Å². The second kappa shape index (κ2) is 16.4. The molecule has 18 heteroatoms. The largest absolute Gasteiger partial charge is 0.927 e. The van der Waals surface area contributed by atoms with Gasteiger partial charge in [-0.1, -0.05) is 54.6 Å². The summed E-state index contributed by atoms with van der Waals surface area (Å²) in [5.74, 6) is -4.21. The van der Waals surface area contributed by atoms with Crippen molar-refractivity contribution in [1.29, 1.82) is 0 Å². The predicted octanol–water partition coefficient (Wildman–Crippen LogP) is 0.807. The van der Waals surface area contributed by atoms with E-state index in [4.69, 9.17) is 46.3 Å². The molecule has 3 aromatic carbocycles. The van der Waals surface area contributed by atoms with Gasteiger partial charge in [0.05, 0.1) is 0 Å². The van der Waals surface area contributed by atoms with Crippen LogP contribution < -0.4 is 31.9 Å². The Morgan fingerprint density at radius 1 is 0.533 bits per heavy atom. The van der Waals surface area contributed by atoms with Crippen LogP contribution >= 0.6 is 0 Å². The zero-order valence-electron chi connectivity index (χ0n) is 23.4. The average molecular weight is 650 g/mol. The quantitative estimate of drug-likeness (QED) is 0.0642. The second-order valence-corrected chi connectivity index (χ2v) is 11.2. The smallest absolute Gasteiger partial charge is 0.430 e. The van der Waals surface area contributed by atoms with Crippen LogP contribution in [0.4, 0.5) is 0 Å². The molecular formula is C27H31N3O14Si. The third-order valence-corrected chi connectivity index (χ3v) is 7.81. The lowest BCUT2D eigenvalue weighted by Gasteiger charge is -2.26. The molecule has 0 spiro atoms. The first-order valence-electron chi connectivity index (χ1n) is 13.0. The normalized spacial score (nSPS) is 14.2. The van der Waals surface area contributed by atoms with Crippen LogP contribution in [0.5, 0.6) is 17.2 Å². The van der Waals surface area contributed by atoms with E-state index in [2.05, 4.69) is 19.2 Å². The van der Waals surface area contributed by atoms with Crippen LogP contribution in [-0.4, -0.2) is 66.1 Å². The van der Waals surface area contributed by atoms with Crippen molar-refractivity contribution < 1.29 is 67.9 Å². The van der Waals surface area contributed by atoms with Crippen molar-refractivity contribution >= 4 is 27.0 Å². The minimum absolute atomic E-state index is 0.0308. The molecule has 45 heavy (non-hydrogen) atoms. The van der Waals surface area contributed by atoms with Gasteiger partial charge in [-0.25, -0.2) is 15.8 Å². The van der Waals surface area contributed by atoms with Crippen LogP contribution in [0.25, 0.3) is 0 Å². The lowest BCUT2D eigenvalue weighted by atomic mass is 10.1. The van der Waals surface area contributed by atoms with Crippen molar-refractivity contribution in [3.05, 3.63) is 89.5 Å². The van der Waals surface area contributed by atoms with Gasteiger partial charge >= 0.3 is 27.0 Å². The van der Waals surface area contributed by atoms with Gasteiger partial charge in [0.2, 0.25) is 0 Å². The Hall–Kier alpha value is -4.63. The first kappa shape index (κ1) is 34.9. The van der Waals surface area contributed by atoms with E-state index in [1.165, 1.54) is 54.6 Å². The highest BCUT2D eigenvalue weighted by atomic mass is 28.4. The monoisotopic (exact) mass is 649 g/mol. The molecule has 17 nitrogen and oxygen atoms in total. The predicted molar refractivity (Wildman–Crippen MR) is 152 cm³/mol. The molecular weight excluding hydrogens is 618 g/mol. The molecule has 242 valence electrons. The summed E-state index contributed by atoms with van der Waals surface area (Å²) in [5, 5.41) is 37.1. The maximum absolute atomic E-state index is 13.0. The molecule has 0 bridgehead atoms. The zero-order chi connectivity index (χ0) is 33.0. The van der Waals surface area contributed by atoms with Crippen molar-refractivity contribution in [2.24, 2.45) is 17.2 Å². The molecule has 3 atom stereocenters. The number of carbonyl (C=O) groups excluding carboxylic acids is 3. The van der Waals surface area contributed by atoms with E-state index in [-0.39, 0.29) is 53.2 Å². The van der Waals surface area contributed by atoms with E-state index in [1.807, 2.05) is 0 Å². The summed E-state index contributed by atoms with van der Waals surface area (Å²) in [6.45, 7) is 0. The van der Waals surface area contributed by atoms with Crippen LogP contribution in [-0.2, 0) is 51.5 Å². The molecule has 0 fully saturated rings. The van der Waals surface area contributed by atoms with E-state index >= 15 is 0 Å². The van der Waals surface area contributed by atoms with Crippen LogP contribution in [0.15, 0.2) is 72.8 Å². The molecule has 3 aromatic rings. The summed E-state index contributed by atoms with van der Waals surface area (Å²) in [6, 6.07) is 13.2. The fraction of sp³-hybridized carbons (Fsp3) is 0.222. The van der Waals surface area contributed by atoms with Crippen LogP contribution in [0, 0.1) is 0 Å². The van der Waals surface area contributed by atoms with Crippen molar-refractivity contribution in [3.63, 3.8) is 0 Å². The van der Waals surface area contributed by atoms with E-state index in [1.54, 1.807) is 18.2 Å². The molecule has 10 N–H and O–H groups in total. The Morgan fingerprint density at radius 3 is 1.04 bits per heavy atom. The average Bonchev–Trinajstić information content (AvgIpc) is 3.05. The van der Waals surface area contributed by atoms with Gasteiger partial charge in [-0.3, -0.25) is 19.6 Å². The Labute approximate surface area is 256 Å². The number of benzene rings is 3. The number of carbonyl (C=O) groups is 3. The van der Waals surface area contributed by atoms with Crippen molar-refractivity contribution in [2.75, 3.05) is 0 Å². The number of hydrogen-bond donors (Lipinski definition) is 7. The first-order chi connectivity index (χ1) is 21.6. The highest BCUT2D eigenvalue weighted by Gasteiger charge is 2.61. The molecule has 0 aliphatic carbocycles. The molecule has 0 aliphatic rings. The Balaban J connectivity index is 1.85. The highest BCUT2D eigenvalue weighted by molar-refractivity contribution is 6.59. The van der Waals surface area contributed by atoms with Gasteiger partial charge in [0.1, 0.15) is 18.1 Å². The summed E-state index contributed by atoms with van der Waals surface area (Å²) >= 11 is 0. The molecule has 0 heterocycles. The summed E-state index contributed by atoms with van der Waals surface area (Å²) in [4.78, 5) is 51.9. The summed E-state index contributed by atoms with van der Waals surface area (Å²) in [7, 11) is -5.54. The summed E-state index contributed by atoms with van der Waals surface area (Å²) in [6.07, 6.45) is -0.910. The van der Waals surface area contributed by atoms with E-state index in [0.717, 1.165) is 0 Å². The van der Waals surface area contributed by atoms with E-state index < -0.39 is 45.1 Å². The van der Waals surface area contributed by atoms with E-state index in [9.17, 15) is 19.6 Å². The fourth-order valence-electron chi connectivity index (χ4n) is 3.96. The van der Waals surface area contributed by atoms with Gasteiger partial charge in [0.25, 0.3) is 0 Å². The minimum Gasteiger partial charge on any atom is -0.430 e. The van der Waals surface area contributed by atoms with Gasteiger partial charge in [-0.05, 0) is 18.2 Å². The maximum Gasteiger partial charge on any atom is 0.927 e. The Morgan fingerprint density at radius 2 is 0.800 bits per heavy atom. The van der Waals surface area contributed by atoms with Gasteiger partial charge < -0.3 is 45.1 Å². The molecule has 3 unspecified atom stereocenters. The SMILES string of the molecule is NC(Cc1ccccc1OO)C(=O)O[Si](OO)(OC(=O)C(N)Cc1ccccc1OO)OC(=O)C(N)Cc1ccccc1OO. The minimum atomic E-state index is -5.54. The molecule has 0 radical (unpaired) electrons. The van der Waals surface area contributed by atoms with Gasteiger partial charge in [0.15, 0.2) is 17.2 Å². The maximum atomic E-state index is 13.0. The van der Waals surface area contributed by atoms with Crippen molar-refractivity contribution in [2.45, 2.75) is 37.4 Å². The number of rotatable bonds is 16. The third-order valence-electron chi connectivity index (χ3n) is 6.23. The van der Waals surface area contributed by atoms with Crippen molar-refractivity contribution in [3.8, 4) is 17.2 Å². The Bertz CT molecular complexity index is 1290. The zero-order valence-corrected chi connectivity index (χ0v) is 24.4. The van der Waals surface area contributed by atoms with Crippen molar-refractivity contribution in [1.82, 2.24) is 0 Å². The summed E-state index contributed by atoms with van der Waals surface area (Å²) < 4.78 is 19.5. The molecule has 0 saturated carbocycles. The number of hydrogen-bond acceptors (Lipinski definition) is 17.